The quantitative estimate of drug-likeness (QED) is 0.847. The van der Waals surface area contributed by atoms with E-state index in [0.29, 0.717) is 6.54 Å². The summed E-state index contributed by atoms with van der Waals surface area (Å²) in [5.41, 5.74) is 2.39. The second-order valence-electron chi connectivity index (χ2n) is 5.06. The van der Waals surface area contributed by atoms with Crippen LogP contribution >= 0.6 is 0 Å². The Kier molecular flexibility index (Phi) is 3.88. The molecule has 1 aromatic rings. The first-order valence-corrected chi connectivity index (χ1v) is 6.64. The first kappa shape index (κ1) is 13.6. The molecule has 1 heterocycles. The van der Waals surface area contributed by atoms with E-state index in [1.165, 1.54) is 12.5 Å². The molecule has 1 aromatic carbocycles. The fraction of sp³-hybridized carbons (Fsp3) is 0.467. The fourth-order valence-corrected chi connectivity index (χ4v) is 2.56. The third kappa shape index (κ3) is 2.62. The second-order valence-corrected chi connectivity index (χ2v) is 5.06. The van der Waals surface area contributed by atoms with Crippen molar-refractivity contribution >= 4 is 11.9 Å². The van der Waals surface area contributed by atoms with E-state index in [1.807, 2.05) is 25.1 Å². The highest BCUT2D eigenvalue weighted by Gasteiger charge is 2.33. The molecule has 0 saturated carbocycles. The number of benzene rings is 1. The van der Waals surface area contributed by atoms with Crippen LogP contribution in [-0.4, -0.2) is 27.9 Å². The lowest BCUT2D eigenvalue weighted by Crippen LogP contribution is -2.47. The van der Waals surface area contributed by atoms with E-state index in [4.69, 9.17) is 5.11 Å². The number of carboxylic acids is 1. The van der Waals surface area contributed by atoms with Gasteiger partial charge >= 0.3 is 5.97 Å². The number of hydrogen-bond donors (Lipinski definition) is 1. The minimum atomic E-state index is -1.06. The predicted molar refractivity (Wildman–Crippen MR) is 71.6 cm³/mol. The first-order chi connectivity index (χ1) is 9.04. The molecule has 2 unspecified atom stereocenters. The molecule has 0 aromatic heterocycles. The Morgan fingerprint density at radius 2 is 2.00 bits per heavy atom. The van der Waals surface area contributed by atoms with E-state index >= 15 is 0 Å². The number of carboxylic acid groups (broad SMARTS) is 1. The molecule has 0 saturated heterocycles. The van der Waals surface area contributed by atoms with E-state index in [2.05, 4.69) is 6.07 Å². The number of amides is 1. The summed E-state index contributed by atoms with van der Waals surface area (Å²) in [6, 6.07) is 8.15. The summed E-state index contributed by atoms with van der Waals surface area (Å²) in [5, 5.41) is 8.99. The highest BCUT2D eigenvalue weighted by Crippen LogP contribution is 2.26. The van der Waals surface area contributed by atoms with Gasteiger partial charge in [0, 0.05) is 12.6 Å². The average Bonchev–Trinajstić information content (AvgIpc) is 2.44. The maximum absolute atomic E-state index is 12.3. The highest BCUT2D eigenvalue weighted by atomic mass is 16.4. The Balaban J connectivity index is 2.26. The van der Waals surface area contributed by atoms with Crippen molar-refractivity contribution in [3.05, 3.63) is 35.4 Å². The molecule has 4 nitrogen and oxygen atoms in total. The van der Waals surface area contributed by atoms with Crippen LogP contribution in [0, 0.1) is 5.92 Å². The smallest absolute Gasteiger partial charge is 0.315 e. The van der Waals surface area contributed by atoms with Crippen molar-refractivity contribution in [3.8, 4) is 0 Å². The van der Waals surface area contributed by atoms with Crippen molar-refractivity contribution in [2.45, 2.75) is 39.3 Å². The Hall–Kier alpha value is -1.84. The summed E-state index contributed by atoms with van der Waals surface area (Å²) in [4.78, 5) is 25.0. The Bertz CT molecular complexity index is 498. The van der Waals surface area contributed by atoms with E-state index in [0.717, 1.165) is 18.4 Å². The number of rotatable bonds is 3. The number of aliphatic carboxylic acids is 1. The molecule has 0 radical (unpaired) electrons. The van der Waals surface area contributed by atoms with E-state index in [-0.39, 0.29) is 11.9 Å². The Labute approximate surface area is 113 Å². The van der Waals surface area contributed by atoms with E-state index in [1.54, 1.807) is 4.90 Å². The highest BCUT2D eigenvalue weighted by molar-refractivity contribution is 5.96. The zero-order valence-electron chi connectivity index (χ0n) is 11.3. The van der Waals surface area contributed by atoms with Gasteiger partial charge in [0.15, 0.2) is 0 Å². The minimum Gasteiger partial charge on any atom is -0.481 e. The van der Waals surface area contributed by atoms with Crippen LogP contribution in [0.4, 0.5) is 0 Å². The van der Waals surface area contributed by atoms with Crippen LogP contribution < -0.4 is 0 Å². The summed E-state index contributed by atoms with van der Waals surface area (Å²) in [7, 11) is 0. The molecule has 2 atom stereocenters. The lowest BCUT2D eigenvalue weighted by atomic mass is 9.91. The third-order valence-corrected chi connectivity index (χ3v) is 3.85. The molecule has 0 bridgehead atoms. The van der Waals surface area contributed by atoms with Gasteiger partial charge in [0.2, 0.25) is 5.91 Å². The molecule has 1 N–H and O–H groups in total. The van der Waals surface area contributed by atoms with Crippen LogP contribution in [0.15, 0.2) is 24.3 Å². The minimum absolute atomic E-state index is 0.101. The number of fused-ring (bicyclic) bond motifs is 1. The van der Waals surface area contributed by atoms with Gasteiger partial charge in [-0.3, -0.25) is 9.59 Å². The molecule has 19 heavy (non-hydrogen) atoms. The Morgan fingerprint density at radius 1 is 1.37 bits per heavy atom. The monoisotopic (exact) mass is 261 g/mol. The van der Waals surface area contributed by atoms with Gasteiger partial charge in [0.25, 0.3) is 0 Å². The Morgan fingerprint density at radius 3 is 2.58 bits per heavy atom. The van der Waals surface area contributed by atoms with Crippen LogP contribution in [0.1, 0.15) is 31.4 Å². The molecule has 4 heteroatoms. The van der Waals surface area contributed by atoms with Gasteiger partial charge in [0.1, 0.15) is 5.92 Å². The van der Waals surface area contributed by atoms with Crippen molar-refractivity contribution in [1.82, 2.24) is 4.90 Å². The molecule has 0 fully saturated rings. The largest absolute Gasteiger partial charge is 0.481 e. The maximum Gasteiger partial charge on any atom is 0.315 e. The third-order valence-electron chi connectivity index (χ3n) is 3.85. The van der Waals surface area contributed by atoms with Gasteiger partial charge in [-0.15, -0.1) is 0 Å². The lowest BCUT2D eigenvalue weighted by molar-refractivity contribution is -0.152. The number of carbonyl (C=O) groups excluding carboxylic acids is 1. The fourth-order valence-electron chi connectivity index (χ4n) is 2.56. The molecular weight excluding hydrogens is 242 g/mol. The van der Waals surface area contributed by atoms with Gasteiger partial charge in [-0.25, -0.2) is 0 Å². The van der Waals surface area contributed by atoms with Gasteiger partial charge in [-0.1, -0.05) is 31.2 Å². The van der Waals surface area contributed by atoms with E-state index < -0.39 is 11.9 Å². The van der Waals surface area contributed by atoms with Crippen molar-refractivity contribution in [1.29, 1.82) is 0 Å². The summed E-state index contributed by atoms with van der Waals surface area (Å²) in [6.45, 7) is 4.01. The molecular formula is C15H19NO3. The molecule has 102 valence electrons. The summed E-state index contributed by atoms with van der Waals surface area (Å²) in [6.07, 6.45) is 1.65. The van der Waals surface area contributed by atoms with Crippen molar-refractivity contribution < 1.29 is 14.7 Å². The van der Waals surface area contributed by atoms with Crippen molar-refractivity contribution in [2.24, 2.45) is 5.92 Å². The normalized spacial score (nSPS) is 19.7. The number of nitrogens with zero attached hydrogens (tertiary/aromatic N) is 1. The maximum atomic E-state index is 12.3. The van der Waals surface area contributed by atoms with Crippen molar-refractivity contribution in [3.63, 3.8) is 0 Å². The van der Waals surface area contributed by atoms with Gasteiger partial charge in [-0.05, 0) is 30.9 Å². The zero-order chi connectivity index (χ0) is 14.0. The molecule has 1 amide bonds. The van der Waals surface area contributed by atoms with Crippen LogP contribution in [0.5, 0.6) is 0 Å². The second kappa shape index (κ2) is 5.43. The summed E-state index contributed by atoms with van der Waals surface area (Å²) in [5.74, 6) is -2.31. The summed E-state index contributed by atoms with van der Waals surface area (Å²) >= 11 is 0. The van der Waals surface area contributed by atoms with Crippen LogP contribution in [-0.2, 0) is 22.6 Å². The molecule has 0 spiro atoms. The SMILES string of the molecule is CCC1Cc2ccccc2CN1C(=O)C(C)C(=O)O. The number of hydrogen-bond acceptors (Lipinski definition) is 2. The summed E-state index contributed by atoms with van der Waals surface area (Å²) < 4.78 is 0. The van der Waals surface area contributed by atoms with Gasteiger partial charge < -0.3 is 10.0 Å². The standard InChI is InChI=1S/C15H19NO3/c1-3-13-8-11-6-4-5-7-12(11)9-16(13)14(17)10(2)15(18)19/h4-7,10,13H,3,8-9H2,1-2H3,(H,18,19). The topological polar surface area (TPSA) is 57.6 Å². The zero-order valence-corrected chi connectivity index (χ0v) is 11.3. The van der Waals surface area contributed by atoms with Crippen molar-refractivity contribution in [2.75, 3.05) is 0 Å². The van der Waals surface area contributed by atoms with E-state index in [9.17, 15) is 9.59 Å². The van der Waals surface area contributed by atoms with Gasteiger partial charge in [-0.2, -0.15) is 0 Å². The van der Waals surface area contributed by atoms with Crippen LogP contribution in [0.2, 0.25) is 0 Å². The van der Waals surface area contributed by atoms with Crippen LogP contribution in [0.3, 0.4) is 0 Å². The average molecular weight is 261 g/mol. The van der Waals surface area contributed by atoms with Crippen LogP contribution in [0.25, 0.3) is 0 Å². The molecule has 2 rings (SSSR count). The number of carbonyl (C=O) groups is 2. The predicted octanol–water partition coefficient (Wildman–Crippen LogP) is 2.07. The molecule has 1 aliphatic rings. The molecule has 0 aliphatic carbocycles. The molecule has 1 aliphatic heterocycles. The lowest BCUT2D eigenvalue weighted by Gasteiger charge is -2.37. The van der Waals surface area contributed by atoms with Gasteiger partial charge in [0.05, 0.1) is 0 Å². The first-order valence-electron chi connectivity index (χ1n) is 6.64.